The van der Waals surface area contributed by atoms with E-state index in [-0.39, 0.29) is 11.5 Å². The molecular formula is C14H19BrO. The minimum absolute atomic E-state index is 0.169. The fraction of sp³-hybridized carbons (Fsp3) is 0.571. The Morgan fingerprint density at radius 2 is 1.94 bits per heavy atom. The van der Waals surface area contributed by atoms with E-state index in [4.69, 9.17) is 0 Å². The summed E-state index contributed by atoms with van der Waals surface area (Å²) in [7, 11) is 0. The molecular weight excluding hydrogens is 264 g/mol. The predicted octanol–water partition coefficient (Wildman–Crippen LogP) is 4.45. The SMILES string of the molecule is CCCC1([C@H](O)c2ccc(Br)cc2)CCC1. The van der Waals surface area contributed by atoms with Crippen LogP contribution in [0, 0.1) is 5.41 Å². The van der Waals surface area contributed by atoms with Gasteiger partial charge in [-0.05, 0) is 37.0 Å². The smallest absolute Gasteiger partial charge is 0.0846 e. The zero-order chi connectivity index (χ0) is 11.6. The molecule has 2 rings (SSSR count). The van der Waals surface area contributed by atoms with Crippen LogP contribution in [0.1, 0.15) is 50.7 Å². The van der Waals surface area contributed by atoms with E-state index in [1.165, 1.54) is 19.3 Å². The molecule has 0 unspecified atom stereocenters. The van der Waals surface area contributed by atoms with E-state index in [0.717, 1.165) is 22.9 Å². The van der Waals surface area contributed by atoms with Crippen LogP contribution in [0.15, 0.2) is 28.7 Å². The van der Waals surface area contributed by atoms with Crippen LogP contribution in [0.2, 0.25) is 0 Å². The van der Waals surface area contributed by atoms with E-state index >= 15 is 0 Å². The Balaban J connectivity index is 2.16. The second-order valence-corrected chi connectivity index (χ2v) is 5.84. The van der Waals surface area contributed by atoms with Crippen molar-refractivity contribution in [3.63, 3.8) is 0 Å². The van der Waals surface area contributed by atoms with Crippen LogP contribution in [0.5, 0.6) is 0 Å². The molecule has 1 nitrogen and oxygen atoms in total. The quantitative estimate of drug-likeness (QED) is 0.865. The van der Waals surface area contributed by atoms with Crippen molar-refractivity contribution in [3.05, 3.63) is 34.3 Å². The number of aliphatic hydroxyl groups excluding tert-OH is 1. The van der Waals surface area contributed by atoms with Crippen molar-refractivity contribution in [1.82, 2.24) is 0 Å². The number of hydrogen-bond acceptors (Lipinski definition) is 1. The van der Waals surface area contributed by atoms with Crippen molar-refractivity contribution >= 4 is 15.9 Å². The van der Waals surface area contributed by atoms with Gasteiger partial charge >= 0.3 is 0 Å². The topological polar surface area (TPSA) is 20.2 Å². The summed E-state index contributed by atoms with van der Waals surface area (Å²) >= 11 is 3.43. The van der Waals surface area contributed by atoms with Crippen molar-refractivity contribution in [2.24, 2.45) is 5.41 Å². The van der Waals surface area contributed by atoms with E-state index in [2.05, 4.69) is 22.9 Å². The summed E-state index contributed by atoms with van der Waals surface area (Å²) in [5, 5.41) is 10.5. The standard InChI is InChI=1S/C14H19BrO/c1-2-8-14(9-3-10-14)13(16)11-4-6-12(15)7-5-11/h4-7,13,16H,2-3,8-10H2,1H3/t13-/m1/s1. The van der Waals surface area contributed by atoms with Crippen LogP contribution in [-0.2, 0) is 0 Å². The van der Waals surface area contributed by atoms with Crippen LogP contribution in [0.4, 0.5) is 0 Å². The van der Waals surface area contributed by atoms with Crippen LogP contribution >= 0.6 is 15.9 Å². The van der Waals surface area contributed by atoms with Gasteiger partial charge in [-0.25, -0.2) is 0 Å². The van der Waals surface area contributed by atoms with Crippen molar-refractivity contribution < 1.29 is 5.11 Å². The van der Waals surface area contributed by atoms with Gasteiger partial charge in [-0.1, -0.05) is 47.8 Å². The van der Waals surface area contributed by atoms with Crippen molar-refractivity contribution in [2.75, 3.05) is 0 Å². The third kappa shape index (κ3) is 2.18. The minimum atomic E-state index is -0.283. The molecule has 1 aliphatic carbocycles. The van der Waals surface area contributed by atoms with E-state index in [0.29, 0.717) is 0 Å². The molecule has 0 heterocycles. The molecule has 1 atom stereocenters. The maximum Gasteiger partial charge on any atom is 0.0846 e. The summed E-state index contributed by atoms with van der Waals surface area (Å²) in [5.41, 5.74) is 1.24. The minimum Gasteiger partial charge on any atom is -0.388 e. The predicted molar refractivity (Wildman–Crippen MR) is 70.3 cm³/mol. The van der Waals surface area contributed by atoms with E-state index < -0.39 is 0 Å². The first-order valence-electron chi connectivity index (χ1n) is 6.11. The Bertz CT molecular complexity index is 340. The molecule has 1 aliphatic rings. The average molecular weight is 283 g/mol. The van der Waals surface area contributed by atoms with E-state index in [1.807, 2.05) is 24.3 Å². The van der Waals surface area contributed by atoms with Gasteiger partial charge in [0, 0.05) is 9.89 Å². The number of hydrogen-bond donors (Lipinski definition) is 1. The zero-order valence-electron chi connectivity index (χ0n) is 9.75. The van der Waals surface area contributed by atoms with Crippen LogP contribution < -0.4 is 0 Å². The van der Waals surface area contributed by atoms with Gasteiger partial charge in [0.15, 0.2) is 0 Å². The number of halogens is 1. The molecule has 16 heavy (non-hydrogen) atoms. The fourth-order valence-electron chi connectivity index (χ4n) is 2.79. The largest absolute Gasteiger partial charge is 0.388 e. The lowest BCUT2D eigenvalue weighted by molar-refractivity contribution is -0.0440. The molecule has 1 aromatic carbocycles. The van der Waals surface area contributed by atoms with Gasteiger partial charge in [-0.2, -0.15) is 0 Å². The third-order valence-corrected chi connectivity index (χ3v) is 4.39. The second-order valence-electron chi connectivity index (χ2n) is 4.92. The van der Waals surface area contributed by atoms with Gasteiger partial charge in [0.1, 0.15) is 0 Å². The van der Waals surface area contributed by atoms with Crippen molar-refractivity contribution in [1.29, 1.82) is 0 Å². The number of rotatable bonds is 4. The lowest BCUT2D eigenvalue weighted by atomic mass is 9.61. The lowest BCUT2D eigenvalue weighted by Gasteiger charge is -2.46. The molecule has 1 N–H and O–H groups in total. The first kappa shape index (κ1) is 12.1. The monoisotopic (exact) mass is 282 g/mol. The van der Waals surface area contributed by atoms with Gasteiger partial charge in [-0.3, -0.25) is 0 Å². The highest BCUT2D eigenvalue weighted by atomic mass is 79.9. The van der Waals surface area contributed by atoms with Gasteiger partial charge in [0.05, 0.1) is 6.10 Å². The Morgan fingerprint density at radius 1 is 1.31 bits per heavy atom. The highest BCUT2D eigenvalue weighted by Gasteiger charge is 2.42. The first-order chi connectivity index (χ1) is 7.68. The Kier molecular flexibility index (Phi) is 3.70. The normalized spacial score (nSPS) is 20.2. The molecule has 0 aromatic heterocycles. The molecule has 1 fully saturated rings. The first-order valence-corrected chi connectivity index (χ1v) is 6.91. The molecule has 2 heteroatoms. The fourth-order valence-corrected chi connectivity index (χ4v) is 3.05. The molecule has 0 saturated heterocycles. The molecule has 88 valence electrons. The van der Waals surface area contributed by atoms with E-state index in [1.54, 1.807) is 0 Å². The van der Waals surface area contributed by atoms with Crippen LogP contribution in [-0.4, -0.2) is 5.11 Å². The average Bonchev–Trinajstić information content (AvgIpc) is 2.23. The Morgan fingerprint density at radius 3 is 2.38 bits per heavy atom. The lowest BCUT2D eigenvalue weighted by Crippen LogP contribution is -2.35. The molecule has 1 saturated carbocycles. The van der Waals surface area contributed by atoms with Gasteiger partial charge < -0.3 is 5.11 Å². The Hall–Kier alpha value is -0.340. The molecule has 1 aromatic rings. The van der Waals surface area contributed by atoms with Crippen molar-refractivity contribution in [2.45, 2.75) is 45.1 Å². The summed E-state index contributed by atoms with van der Waals surface area (Å²) in [6, 6.07) is 8.09. The summed E-state index contributed by atoms with van der Waals surface area (Å²) in [5.74, 6) is 0. The summed E-state index contributed by atoms with van der Waals surface area (Å²) in [6.07, 6.45) is 5.65. The van der Waals surface area contributed by atoms with Gasteiger partial charge in [-0.15, -0.1) is 0 Å². The van der Waals surface area contributed by atoms with Crippen molar-refractivity contribution in [3.8, 4) is 0 Å². The molecule has 0 bridgehead atoms. The van der Waals surface area contributed by atoms with Crippen LogP contribution in [0.25, 0.3) is 0 Å². The highest BCUT2D eigenvalue weighted by Crippen LogP contribution is 2.53. The molecule has 0 aliphatic heterocycles. The third-order valence-electron chi connectivity index (χ3n) is 3.86. The molecule has 0 spiro atoms. The summed E-state index contributed by atoms with van der Waals surface area (Å²) in [6.45, 7) is 2.20. The highest BCUT2D eigenvalue weighted by molar-refractivity contribution is 9.10. The Labute approximate surface area is 106 Å². The second kappa shape index (κ2) is 4.89. The maximum absolute atomic E-state index is 10.5. The van der Waals surface area contributed by atoms with E-state index in [9.17, 15) is 5.11 Å². The van der Waals surface area contributed by atoms with Crippen LogP contribution in [0.3, 0.4) is 0 Å². The van der Waals surface area contributed by atoms with Gasteiger partial charge in [0.25, 0.3) is 0 Å². The summed E-state index contributed by atoms with van der Waals surface area (Å²) < 4.78 is 1.07. The molecule has 0 amide bonds. The molecule has 0 radical (unpaired) electrons. The number of benzene rings is 1. The number of aliphatic hydroxyl groups is 1. The van der Waals surface area contributed by atoms with Gasteiger partial charge in [0.2, 0.25) is 0 Å². The summed E-state index contributed by atoms with van der Waals surface area (Å²) in [4.78, 5) is 0. The zero-order valence-corrected chi connectivity index (χ0v) is 11.3. The maximum atomic E-state index is 10.5.